The molecule has 1 heterocycles. The number of hydrogen-bond acceptors (Lipinski definition) is 3. The fourth-order valence-electron chi connectivity index (χ4n) is 3.35. The van der Waals surface area contributed by atoms with Gasteiger partial charge < -0.3 is 14.4 Å². The minimum atomic E-state index is -1.04. The van der Waals surface area contributed by atoms with Gasteiger partial charge in [-0.1, -0.05) is 48.5 Å². The zero-order valence-electron chi connectivity index (χ0n) is 16.3. The number of pyridine rings is 1. The molecule has 0 spiro atoms. The van der Waals surface area contributed by atoms with Gasteiger partial charge in [-0.2, -0.15) is 0 Å². The van der Waals surface area contributed by atoms with Gasteiger partial charge in [0.25, 0.3) is 5.56 Å². The van der Waals surface area contributed by atoms with Crippen LogP contribution in [0.25, 0.3) is 10.8 Å². The van der Waals surface area contributed by atoms with Crippen LogP contribution >= 0.6 is 0 Å². The van der Waals surface area contributed by atoms with Gasteiger partial charge in [-0.3, -0.25) is 4.79 Å². The van der Waals surface area contributed by atoms with Gasteiger partial charge in [0, 0.05) is 18.0 Å². The highest BCUT2D eigenvalue weighted by atomic mass is 16.5. The molecule has 0 unspecified atom stereocenters. The molecule has 5 heteroatoms. The molecule has 0 aliphatic rings. The quantitative estimate of drug-likeness (QED) is 0.501. The maximum Gasteiger partial charge on any atom is 0.335 e. The van der Waals surface area contributed by atoms with E-state index in [0.29, 0.717) is 18.5 Å². The van der Waals surface area contributed by atoms with Gasteiger partial charge in [0.15, 0.2) is 0 Å². The smallest absolute Gasteiger partial charge is 0.335 e. The lowest BCUT2D eigenvalue weighted by molar-refractivity contribution is 0.0697. The number of carboxylic acid groups (broad SMARTS) is 1. The first-order chi connectivity index (χ1) is 14.6. The van der Waals surface area contributed by atoms with E-state index in [1.165, 1.54) is 12.1 Å². The Morgan fingerprint density at radius 2 is 1.63 bits per heavy atom. The average Bonchev–Trinajstić information content (AvgIpc) is 2.77. The van der Waals surface area contributed by atoms with E-state index in [4.69, 9.17) is 4.74 Å². The standard InChI is InChI=1S/C25H21NO4/c27-24-23-16-21(25(28)29)11-10-20(23)12-14-26(24)17-19-8-6-18(7-9-19)13-15-30-22-4-2-1-3-5-22/h1-12,14,16H,13,15,17H2,(H,28,29). The lowest BCUT2D eigenvalue weighted by Gasteiger charge is -2.09. The minimum absolute atomic E-state index is 0.111. The molecule has 1 aromatic heterocycles. The zero-order valence-corrected chi connectivity index (χ0v) is 16.3. The Hall–Kier alpha value is -3.86. The molecule has 4 aromatic rings. The van der Waals surface area contributed by atoms with Gasteiger partial charge in [0.2, 0.25) is 0 Å². The van der Waals surface area contributed by atoms with Crippen molar-refractivity contribution < 1.29 is 14.6 Å². The number of nitrogens with zero attached hydrogens (tertiary/aromatic N) is 1. The van der Waals surface area contributed by atoms with Crippen LogP contribution < -0.4 is 10.3 Å². The largest absolute Gasteiger partial charge is 0.493 e. The van der Waals surface area contributed by atoms with Crippen LogP contribution in [-0.4, -0.2) is 22.2 Å². The molecule has 0 bridgehead atoms. The summed E-state index contributed by atoms with van der Waals surface area (Å²) >= 11 is 0. The van der Waals surface area contributed by atoms with E-state index in [-0.39, 0.29) is 11.1 Å². The first-order valence-electron chi connectivity index (χ1n) is 9.72. The SMILES string of the molecule is O=C(O)c1ccc2ccn(Cc3ccc(CCOc4ccccc4)cc3)c(=O)c2c1. The topological polar surface area (TPSA) is 68.5 Å². The number of hydrogen-bond donors (Lipinski definition) is 1. The molecule has 0 saturated carbocycles. The highest BCUT2D eigenvalue weighted by Gasteiger charge is 2.08. The van der Waals surface area contributed by atoms with Crippen molar-refractivity contribution in [2.45, 2.75) is 13.0 Å². The molecule has 0 aliphatic carbocycles. The van der Waals surface area contributed by atoms with Crippen molar-refractivity contribution in [2.24, 2.45) is 0 Å². The van der Waals surface area contributed by atoms with Gasteiger partial charge >= 0.3 is 5.97 Å². The maximum atomic E-state index is 12.8. The molecule has 0 radical (unpaired) electrons. The molecule has 0 amide bonds. The second-order valence-corrected chi connectivity index (χ2v) is 7.08. The Morgan fingerprint density at radius 3 is 2.37 bits per heavy atom. The Morgan fingerprint density at radius 1 is 0.900 bits per heavy atom. The molecular formula is C25H21NO4. The highest BCUT2D eigenvalue weighted by Crippen LogP contribution is 2.14. The summed E-state index contributed by atoms with van der Waals surface area (Å²) in [7, 11) is 0. The van der Waals surface area contributed by atoms with E-state index in [0.717, 1.165) is 28.7 Å². The van der Waals surface area contributed by atoms with Crippen molar-refractivity contribution in [3.8, 4) is 5.75 Å². The first kappa shape index (κ1) is 19.5. The van der Waals surface area contributed by atoms with E-state index in [1.807, 2.05) is 60.7 Å². The van der Waals surface area contributed by atoms with Crippen molar-refractivity contribution >= 4 is 16.7 Å². The number of fused-ring (bicyclic) bond motifs is 1. The molecular weight excluding hydrogens is 378 g/mol. The molecule has 0 aliphatic heterocycles. The first-order valence-corrected chi connectivity index (χ1v) is 9.72. The van der Waals surface area contributed by atoms with Crippen LogP contribution in [0, 0.1) is 0 Å². The van der Waals surface area contributed by atoms with Gasteiger partial charge in [-0.05, 0) is 46.8 Å². The van der Waals surface area contributed by atoms with E-state index in [2.05, 4.69) is 0 Å². The molecule has 0 fully saturated rings. The van der Waals surface area contributed by atoms with Crippen LogP contribution in [0.1, 0.15) is 21.5 Å². The molecule has 5 nitrogen and oxygen atoms in total. The molecule has 0 saturated heterocycles. The van der Waals surface area contributed by atoms with Gasteiger partial charge in [-0.15, -0.1) is 0 Å². The fraction of sp³-hybridized carbons (Fsp3) is 0.120. The number of aromatic carboxylic acids is 1. The number of carboxylic acids is 1. The van der Waals surface area contributed by atoms with E-state index in [1.54, 1.807) is 16.8 Å². The second kappa shape index (κ2) is 8.66. The Kier molecular flexibility index (Phi) is 5.61. The van der Waals surface area contributed by atoms with Crippen LogP contribution in [0.5, 0.6) is 5.75 Å². The van der Waals surface area contributed by atoms with E-state index >= 15 is 0 Å². The zero-order chi connectivity index (χ0) is 20.9. The Balaban J connectivity index is 1.45. The van der Waals surface area contributed by atoms with Crippen LogP contribution in [0.2, 0.25) is 0 Å². The molecule has 3 aromatic carbocycles. The third-order valence-electron chi connectivity index (χ3n) is 5.00. The molecule has 1 N–H and O–H groups in total. The summed E-state index contributed by atoms with van der Waals surface area (Å²) < 4.78 is 7.33. The van der Waals surface area contributed by atoms with Gasteiger partial charge in [0.05, 0.1) is 18.7 Å². The number of ether oxygens (including phenoxy) is 1. The van der Waals surface area contributed by atoms with Gasteiger partial charge in [0.1, 0.15) is 5.75 Å². The summed E-state index contributed by atoms with van der Waals surface area (Å²) in [5.41, 5.74) is 2.07. The van der Waals surface area contributed by atoms with Crippen molar-refractivity contribution in [3.63, 3.8) is 0 Å². The number of aromatic nitrogens is 1. The summed E-state index contributed by atoms with van der Waals surface area (Å²) in [4.78, 5) is 24.0. The van der Waals surface area contributed by atoms with E-state index < -0.39 is 5.97 Å². The predicted octanol–water partition coefficient (Wildman–Crippen LogP) is 4.37. The van der Waals surface area contributed by atoms with Crippen molar-refractivity contribution in [1.29, 1.82) is 0 Å². The molecule has 150 valence electrons. The monoisotopic (exact) mass is 399 g/mol. The van der Waals surface area contributed by atoms with E-state index in [9.17, 15) is 14.7 Å². The lowest BCUT2D eigenvalue weighted by Crippen LogP contribution is -2.20. The van der Waals surface area contributed by atoms with Crippen LogP contribution in [0.15, 0.2) is 89.9 Å². The Bertz CT molecular complexity index is 1230. The lowest BCUT2D eigenvalue weighted by atomic mass is 10.1. The summed E-state index contributed by atoms with van der Waals surface area (Å²) in [5, 5.41) is 10.3. The predicted molar refractivity (Wildman–Crippen MR) is 116 cm³/mol. The van der Waals surface area contributed by atoms with Gasteiger partial charge in [-0.25, -0.2) is 4.79 Å². The maximum absolute atomic E-state index is 12.8. The summed E-state index contributed by atoms with van der Waals surface area (Å²) in [5.74, 6) is -0.186. The molecule has 0 atom stereocenters. The summed E-state index contributed by atoms with van der Waals surface area (Å²) in [6.07, 6.45) is 2.54. The Labute approximate surface area is 173 Å². The van der Waals surface area contributed by atoms with Crippen molar-refractivity contribution in [2.75, 3.05) is 6.61 Å². The number of benzene rings is 3. The van der Waals surface area contributed by atoms with Crippen LogP contribution in [0.4, 0.5) is 0 Å². The minimum Gasteiger partial charge on any atom is -0.493 e. The molecule has 30 heavy (non-hydrogen) atoms. The summed E-state index contributed by atoms with van der Waals surface area (Å²) in [6, 6.07) is 24.2. The van der Waals surface area contributed by atoms with Crippen LogP contribution in [0.3, 0.4) is 0 Å². The summed E-state index contributed by atoms with van der Waals surface area (Å²) in [6.45, 7) is 1.02. The normalized spacial score (nSPS) is 10.8. The highest BCUT2D eigenvalue weighted by molar-refractivity contribution is 5.93. The second-order valence-electron chi connectivity index (χ2n) is 7.08. The third kappa shape index (κ3) is 4.41. The number of para-hydroxylation sites is 1. The van der Waals surface area contributed by atoms with Crippen LogP contribution in [-0.2, 0) is 13.0 Å². The number of carbonyl (C=O) groups is 1. The molecule has 4 rings (SSSR count). The van der Waals surface area contributed by atoms with Crippen molar-refractivity contribution in [3.05, 3.63) is 112 Å². The fourth-order valence-corrected chi connectivity index (χ4v) is 3.35. The third-order valence-corrected chi connectivity index (χ3v) is 5.00. The number of rotatable bonds is 7. The van der Waals surface area contributed by atoms with Crippen molar-refractivity contribution in [1.82, 2.24) is 4.57 Å². The average molecular weight is 399 g/mol.